The summed E-state index contributed by atoms with van der Waals surface area (Å²) in [6.45, 7) is 9.30. The molecule has 0 saturated carbocycles. The molecule has 4 nitrogen and oxygen atoms in total. The average molecular weight is 363 g/mol. The second kappa shape index (κ2) is 6.69. The van der Waals surface area contributed by atoms with Crippen LogP contribution in [0.1, 0.15) is 43.5 Å². The molecule has 1 atom stereocenters. The molecule has 3 rings (SSSR count). The molecule has 1 heterocycles. The molecule has 1 N–H and O–H groups in total. The number of rotatable bonds is 3. The Hall–Kier alpha value is -2.88. The third-order valence-electron chi connectivity index (χ3n) is 4.86. The van der Waals surface area contributed by atoms with E-state index in [0.717, 1.165) is 16.7 Å². The molecule has 0 bridgehead atoms. The maximum Gasteiger partial charge on any atom is 0.294 e. The van der Waals surface area contributed by atoms with E-state index in [2.05, 4.69) is 0 Å². The number of aliphatic hydroxyl groups is 1. The summed E-state index contributed by atoms with van der Waals surface area (Å²) in [5.74, 6) is -1.22. The van der Waals surface area contributed by atoms with Crippen molar-refractivity contribution in [3.63, 3.8) is 0 Å². The van der Waals surface area contributed by atoms with Gasteiger partial charge in [-0.05, 0) is 31.0 Å². The molecule has 1 amide bonds. The molecule has 0 aromatic heterocycles. The van der Waals surface area contributed by atoms with Gasteiger partial charge in [-0.2, -0.15) is 0 Å². The van der Waals surface area contributed by atoms with Crippen molar-refractivity contribution in [2.45, 2.75) is 40.7 Å². The maximum absolute atomic E-state index is 13.1. The lowest BCUT2D eigenvalue weighted by atomic mass is 9.82. The Balaban J connectivity index is 2.23. The number of hydrogen-bond donors (Lipinski definition) is 1. The van der Waals surface area contributed by atoms with Crippen LogP contribution in [0.25, 0.3) is 0 Å². The summed E-state index contributed by atoms with van der Waals surface area (Å²) < 4.78 is 0. The summed E-state index contributed by atoms with van der Waals surface area (Å²) in [7, 11) is 0. The van der Waals surface area contributed by atoms with E-state index in [4.69, 9.17) is 0 Å². The van der Waals surface area contributed by atoms with Gasteiger partial charge in [0.25, 0.3) is 5.91 Å². The maximum atomic E-state index is 13.1. The van der Waals surface area contributed by atoms with Gasteiger partial charge in [0.1, 0.15) is 0 Å². The first-order valence-corrected chi connectivity index (χ1v) is 9.06. The number of ketones is 1. The van der Waals surface area contributed by atoms with Crippen LogP contribution in [0.4, 0.5) is 5.69 Å². The highest BCUT2D eigenvalue weighted by molar-refractivity contribution is 6.17. The Bertz CT molecular complexity index is 936. The van der Waals surface area contributed by atoms with Crippen molar-refractivity contribution in [2.75, 3.05) is 4.90 Å². The SMILES string of the molecule is Cc1ccc(N2C(=O)C(O)=C(C(=O)C(C)(C)C)C2c2ccccc2)c(C)c1. The van der Waals surface area contributed by atoms with Crippen LogP contribution < -0.4 is 4.90 Å². The number of aliphatic hydroxyl groups excluding tert-OH is 1. The van der Waals surface area contributed by atoms with Crippen LogP contribution in [0.15, 0.2) is 59.9 Å². The minimum atomic E-state index is -0.713. The largest absolute Gasteiger partial charge is 0.503 e. The van der Waals surface area contributed by atoms with Crippen LogP contribution in [0.2, 0.25) is 0 Å². The van der Waals surface area contributed by atoms with Crippen molar-refractivity contribution >= 4 is 17.4 Å². The molecule has 1 aliphatic heterocycles. The summed E-state index contributed by atoms with van der Waals surface area (Å²) in [5.41, 5.74) is 2.95. The molecular formula is C23H25NO3. The first-order chi connectivity index (χ1) is 12.6. The zero-order valence-corrected chi connectivity index (χ0v) is 16.4. The minimum absolute atomic E-state index is 0.165. The lowest BCUT2D eigenvalue weighted by molar-refractivity contribution is -0.123. The van der Waals surface area contributed by atoms with Crippen LogP contribution in [-0.2, 0) is 9.59 Å². The average Bonchev–Trinajstić information content (AvgIpc) is 2.86. The Kier molecular flexibility index (Phi) is 4.68. The van der Waals surface area contributed by atoms with Gasteiger partial charge in [0, 0.05) is 11.1 Å². The number of aryl methyl sites for hydroxylation is 2. The molecule has 2 aromatic carbocycles. The van der Waals surface area contributed by atoms with Crippen molar-refractivity contribution in [1.29, 1.82) is 0 Å². The highest BCUT2D eigenvalue weighted by Gasteiger charge is 2.46. The first kappa shape index (κ1) is 18.9. The van der Waals surface area contributed by atoms with Gasteiger partial charge in [-0.15, -0.1) is 0 Å². The highest BCUT2D eigenvalue weighted by Crippen LogP contribution is 2.44. The van der Waals surface area contributed by atoms with Crippen molar-refractivity contribution in [2.24, 2.45) is 5.41 Å². The van der Waals surface area contributed by atoms with Gasteiger partial charge in [-0.3, -0.25) is 14.5 Å². The third kappa shape index (κ3) is 3.27. The van der Waals surface area contributed by atoms with Crippen molar-refractivity contribution in [3.8, 4) is 0 Å². The number of carbonyl (C=O) groups is 2. The number of Topliss-reactive ketones (excluding diaryl/α,β-unsaturated/α-hetero) is 1. The first-order valence-electron chi connectivity index (χ1n) is 9.06. The lowest BCUT2D eigenvalue weighted by Crippen LogP contribution is -2.33. The fourth-order valence-corrected chi connectivity index (χ4v) is 3.52. The summed E-state index contributed by atoms with van der Waals surface area (Å²) in [5, 5.41) is 10.7. The Morgan fingerprint density at radius 1 is 1.04 bits per heavy atom. The predicted octanol–water partition coefficient (Wildman–Crippen LogP) is 4.82. The number of carbonyl (C=O) groups excluding carboxylic acids is 2. The molecule has 1 aliphatic rings. The second-order valence-corrected chi connectivity index (χ2v) is 8.12. The fraction of sp³-hybridized carbons (Fsp3) is 0.304. The zero-order valence-electron chi connectivity index (χ0n) is 16.4. The summed E-state index contributed by atoms with van der Waals surface area (Å²) in [6.07, 6.45) is 0. The number of benzene rings is 2. The fourth-order valence-electron chi connectivity index (χ4n) is 3.52. The summed E-state index contributed by atoms with van der Waals surface area (Å²) >= 11 is 0. The van der Waals surface area contributed by atoms with Gasteiger partial charge in [0.15, 0.2) is 11.5 Å². The van der Waals surface area contributed by atoms with Crippen molar-refractivity contribution < 1.29 is 14.7 Å². The molecule has 27 heavy (non-hydrogen) atoms. The standard InChI is InChI=1S/C23H25NO3/c1-14-11-12-17(15(2)13-14)24-19(16-9-7-6-8-10-16)18(20(25)22(24)27)21(26)23(3,4)5/h6-13,19,25H,1-5H3. The topological polar surface area (TPSA) is 57.6 Å². The van der Waals surface area contributed by atoms with Gasteiger partial charge in [-0.25, -0.2) is 0 Å². The smallest absolute Gasteiger partial charge is 0.294 e. The van der Waals surface area contributed by atoms with E-state index in [9.17, 15) is 14.7 Å². The third-order valence-corrected chi connectivity index (χ3v) is 4.86. The molecule has 0 radical (unpaired) electrons. The second-order valence-electron chi connectivity index (χ2n) is 8.12. The molecule has 0 saturated heterocycles. The molecule has 1 unspecified atom stereocenters. The van der Waals surface area contributed by atoms with Gasteiger partial charge >= 0.3 is 0 Å². The van der Waals surface area contributed by atoms with Crippen LogP contribution in [0, 0.1) is 19.3 Å². The number of hydrogen-bond acceptors (Lipinski definition) is 3. The van der Waals surface area contributed by atoms with E-state index in [0.29, 0.717) is 5.69 Å². The van der Waals surface area contributed by atoms with E-state index in [1.54, 1.807) is 25.7 Å². The molecule has 0 aliphatic carbocycles. The minimum Gasteiger partial charge on any atom is -0.503 e. The Labute approximate surface area is 160 Å². The summed E-state index contributed by atoms with van der Waals surface area (Å²) in [4.78, 5) is 27.7. The lowest BCUT2D eigenvalue weighted by Gasteiger charge is -2.30. The van der Waals surface area contributed by atoms with E-state index in [1.165, 1.54) is 0 Å². The molecule has 4 heteroatoms. The zero-order chi connectivity index (χ0) is 19.9. The van der Waals surface area contributed by atoms with Crippen LogP contribution >= 0.6 is 0 Å². The Morgan fingerprint density at radius 3 is 2.22 bits per heavy atom. The van der Waals surface area contributed by atoms with Crippen molar-refractivity contribution in [1.82, 2.24) is 0 Å². The highest BCUT2D eigenvalue weighted by atomic mass is 16.3. The normalized spacial score (nSPS) is 17.6. The van der Waals surface area contributed by atoms with Crippen LogP contribution in [-0.4, -0.2) is 16.8 Å². The van der Waals surface area contributed by atoms with Crippen molar-refractivity contribution in [3.05, 3.63) is 76.6 Å². The Morgan fingerprint density at radius 2 is 1.67 bits per heavy atom. The molecular weight excluding hydrogens is 338 g/mol. The van der Waals surface area contributed by atoms with Crippen LogP contribution in [0.3, 0.4) is 0 Å². The predicted molar refractivity (Wildman–Crippen MR) is 107 cm³/mol. The number of anilines is 1. The molecule has 0 spiro atoms. The van der Waals surface area contributed by atoms with Crippen LogP contribution in [0.5, 0.6) is 0 Å². The van der Waals surface area contributed by atoms with E-state index in [-0.39, 0.29) is 11.4 Å². The summed E-state index contributed by atoms with van der Waals surface area (Å²) in [6, 6.07) is 14.5. The van der Waals surface area contributed by atoms with Gasteiger partial charge < -0.3 is 5.11 Å². The molecule has 140 valence electrons. The number of amides is 1. The monoisotopic (exact) mass is 363 g/mol. The van der Waals surface area contributed by atoms with E-state index < -0.39 is 23.1 Å². The quantitative estimate of drug-likeness (QED) is 0.851. The van der Waals surface area contributed by atoms with Gasteiger partial charge in [-0.1, -0.05) is 68.8 Å². The van der Waals surface area contributed by atoms with Gasteiger partial charge in [0.2, 0.25) is 0 Å². The molecule has 2 aromatic rings. The molecule has 0 fully saturated rings. The van der Waals surface area contributed by atoms with Gasteiger partial charge in [0.05, 0.1) is 11.6 Å². The number of nitrogens with zero attached hydrogens (tertiary/aromatic N) is 1. The van der Waals surface area contributed by atoms with E-state index >= 15 is 0 Å². The van der Waals surface area contributed by atoms with E-state index in [1.807, 2.05) is 62.4 Å².